The third-order valence-corrected chi connectivity index (χ3v) is 8.89. The summed E-state index contributed by atoms with van der Waals surface area (Å²) >= 11 is 0. The van der Waals surface area contributed by atoms with Crippen molar-refractivity contribution in [3.05, 3.63) is 115 Å². The van der Waals surface area contributed by atoms with Gasteiger partial charge in [-0.1, -0.05) is 93.8 Å². The second-order valence-electron chi connectivity index (χ2n) is 12.3. The van der Waals surface area contributed by atoms with Crippen molar-refractivity contribution in [2.75, 3.05) is 0 Å². The third kappa shape index (κ3) is 6.93. The SMILES string of the molecule is C[Si](C)(C)c1[c-]c(-c2ccccn2)c2oc3ccccc3c2c1.Cc1ccc(-c2[c-]cc(C(C)(C)C)cc2)nc1.[Ir]. The molecule has 0 N–H and O–H groups in total. The van der Waals surface area contributed by atoms with Gasteiger partial charge in [0.15, 0.2) is 0 Å². The first-order valence-electron chi connectivity index (χ1n) is 13.8. The third-order valence-electron chi connectivity index (χ3n) is 7.00. The van der Waals surface area contributed by atoms with Crippen molar-refractivity contribution < 1.29 is 24.5 Å². The molecule has 6 aromatic rings. The van der Waals surface area contributed by atoms with Gasteiger partial charge in [-0.15, -0.1) is 52.7 Å². The van der Waals surface area contributed by atoms with E-state index in [-0.39, 0.29) is 25.5 Å². The van der Waals surface area contributed by atoms with Gasteiger partial charge in [0.1, 0.15) is 5.58 Å². The Labute approximate surface area is 258 Å². The van der Waals surface area contributed by atoms with E-state index < -0.39 is 8.07 Å². The molecular weight excluding hydrogens is 697 g/mol. The molecule has 0 aliphatic carbocycles. The van der Waals surface area contributed by atoms with Crippen LogP contribution in [0.25, 0.3) is 44.5 Å². The fourth-order valence-corrected chi connectivity index (χ4v) is 5.62. The number of aromatic nitrogens is 2. The predicted molar refractivity (Wildman–Crippen MR) is 171 cm³/mol. The quantitative estimate of drug-likeness (QED) is 0.135. The van der Waals surface area contributed by atoms with Crippen LogP contribution in [0.3, 0.4) is 0 Å². The minimum atomic E-state index is -1.50. The zero-order chi connectivity index (χ0) is 28.5. The molecule has 0 atom stereocenters. The number of benzene rings is 3. The molecule has 0 fully saturated rings. The number of pyridine rings is 2. The van der Waals surface area contributed by atoms with Crippen LogP contribution in [-0.4, -0.2) is 18.0 Å². The molecule has 0 saturated heterocycles. The van der Waals surface area contributed by atoms with Gasteiger partial charge in [0.2, 0.25) is 0 Å². The smallest absolute Gasteiger partial charge is 0.120 e. The summed E-state index contributed by atoms with van der Waals surface area (Å²) in [7, 11) is -1.50. The number of furan rings is 1. The van der Waals surface area contributed by atoms with Gasteiger partial charge in [0.05, 0.1) is 13.7 Å². The Morgan fingerprint density at radius 1 is 0.805 bits per heavy atom. The molecule has 1 radical (unpaired) electrons. The molecule has 5 heteroatoms. The number of para-hydroxylation sites is 1. The summed E-state index contributed by atoms with van der Waals surface area (Å²) in [6.45, 7) is 15.7. The summed E-state index contributed by atoms with van der Waals surface area (Å²) < 4.78 is 6.15. The van der Waals surface area contributed by atoms with Crippen molar-refractivity contribution in [3.63, 3.8) is 0 Å². The van der Waals surface area contributed by atoms with Crippen LogP contribution in [0.4, 0.5) is 0 Å². The van der Waals surface area contributed by atoms with E-state index in [0.717, 1.165) is 44.5 Å². The molecule has 6 rings (SSSR count). The van der Waals surface area contributed by atoms with Crippen LogP contribution in [0, 0.1) is 19.1 Å². The van der Waals surface area contributed by atoms with Gasteiger partial charge in [0.25, 0.3) is 0 Å². The van der Waals surface area contributed by atoms with Crippen LogP contribution in [0.15, 0.2) is 95.7 Å². The van der Waals surface area contributed by atoms with Crippen LogP contribution in [-0.2, 0) is 25.5 Å². The van der Waals surface area contributed by atoms with Crippen LogP contribution >= 0.6 is 0 Å². The van der Waals surface area contributed by atoms with E-state index in [1.807, 2.05) is 55.7 Å². The molecule has 0 spiro atoms. The maximum atomic E-state index is 6.15. The molecule has 3 aromatic carbocycles. The van der Waals surface area contributed by atoms with Crippen LogP contribution in [0.1, 0.15) is 31.9 Å². The average molecular weight is 733 g/mol. The molecule has 0 aliphatic rings. The summed E-state index contributed by atoms with van der Waals surface area (Å²) in [5.74, 6) is 0. The second kappa shape index (κ2) is 12.2. The van der Waals surface area contributed by atoms with Gasteiger partial charge >= 0.3 is 0 Å². The Morgan fingerprint density at radius 2 is 1.56 bits per heavy atom. The minimum absolute atomic E-state index is 0. The predicted octanol–water partition coefficient (Wildman–Crippen LogP) is 9.15. The van der Waals surface area contributed by atoms with E-state index in [1.54, 1.807) is 0 Å². The van der Waals surface area contributed by atoms with Crippen LogP contribution in [0.5, 0.6) is 0 Å². The van der Waals surface area contributed by atoms with E-state index >= 15 is 0 Å². The minimum Gasteiger partial charge on any atom is -0.501 e. The van der Waals surface area contributed by atoms with Gasteiger partial charge in [-0.05, 0) is 41.4 Å². The van der Waals surface area contributed by atoms with E-state index in [0.29, 0.717) is 0 Å². The summed E-state index contributed by atoms with van der Waals surface area (Å²) in [5, 5.41) is 3.63. The topological polar surface area (TPSA) is 38.9 Å². The normalized spacial score (nSPS) is 11.6. The van der Waals surface area contributed by atoms with E-state index in [9.17, 15) is 0 Å². The molecule has 0 amide bonds. The summed E-state index contributed by atoms with van der Waals surface area (Å²) in [6.07, 6.45) is 3.71. The van der Waals surface area contributed by atoms with Crippen molar-refractivity contribution in [1.82, 2.24) is 9.97 Å². The van der Waals surface area contributed by atoms with Gasteiger partial charge in [0, 0.05) is 37.9 Å². The number of rotatable bonds is 3. The molecule has 3 nitrogen and oxygen atoms in total. The van der Waals surface area contributed by atoms with Crippen molar-refractivity contribution in [3.8, 4) is 22.5 Å². The van der Waals surface area contributed by atoms with Crippen molar-refractivity contribution >= 4 is 35.2 Å². The Balaban J connectivity index is 0.000000193. The van der Waals surface area contributed by atoms with E-state index in [2.05, 4.69) is 105 Å². The molecule has 0 saturated carbocycles. The fraction of sp³-hybridized carbons (Fsp3) is 0.222. The van der Waals surface area contributed by atoms with Gasteiger partial charge < -0.3 is 14.4 Å². The maximum Gasteiger partial charge on any atom is 0.120 e. The van der Waals surface area contributed by atoms with Gasteiger partial charge in [-0.2, -0.15) is 0 Å². The Hall–Kier alpha value is -3.37. The molecule has 3 aromatic heterocycles. The molecular formula is C36H36IrN2OSi-2. The summed E-state index contributed by atoms with van der Waals surface area (Å²) in [4.78, 5) is 8.93. The molecule has 211 valence electrons. The van der Waals surface area contributed by atoms with E-state index in [4.69, 9.17) is 4.42 Å². The van der Waals surface area contributed by atoms with Crippen molar-refractivity contribution in [2.24, 2.45) is 0 Å². The fourth-order valence-electron chi connectivity index (χ4n) is 4.54. The summed E-state index contributed by atoms with van der Waals surface area (Å²) in [5.41, 5.74) is 8.37. The number of aryl methyl sites for hydroxylation is 1. The maximum absolute atomic E-state index is 6.15. The number of nitrogens with zero attached hydrogens (tertiary/aromatic N) is 2. The van der Waals surface area contributed by atoms with Crippen molar-refractivity contribution in [2.45, 2.75) is 52.8 Å². The largest absolute Gasteiger partial charge is 0.501 e. The molecule has 3 heterocycles. The average Bonchev–Trinajstić information content (AvgIpc) is 3.32. The number of fused-ring (bicyclic) bond motifs is 3. The molecule has 0 unspecified atom stereocenters. The molecule has 0 aliphatic heterocycles. The molecule has 0 bridgehead atoms. The zero-order valence-corrected chi connectivity index (χ0v) is 28.2. The number of hydrogen-bond donors (Lipinski definition) is 0. The van der Waals surface area contributed by atoms with Gasteiger partial charge in [-0.25, -0.2) is 0 Å². The second-order valence-corrected chi connectivity index (χ2v) is 17.4. The zero-order valence-electron chi connectivity index (χ0n) is 24.8. The monoisotopic (exact) mass is 733 g/mol. The first-order chi connectivity index (χ1) is 19.0. The van der Waals surface area contributed by atoms with Crippen molar-refractivity contribution in [1.29, 1.82) is 0 Å². The first kappa shape index (κ1) is 30.6. The Bertz CT molecular complexity index is 1750. The van der Waals surface area contributed by atoms with E-state index in [1.165, 1.54) is 16.3 Å². The van der Waals surface area contributed by atoms with Crippen LogP contribution < -0.4 is 5.19 Å². The Kier molecular flexibility index (Phi) is 9.13. The number of hydrogen-bond acceptors (Lipinski definition) is 3. The molecule has 41 heavy (non-hydrogen) atoms. The summed E-state index contributed by atoms with van der Waals surface area (Å²) in [6, 6.07) is 33.8. The van der Waals surface area contributed by atoms with Crippen LogP contribution in [0.2, 0.25) is 19.6 Å². The Morgan fingerprint density at radius 3 is 2.17 bits per heavy atom. The standard InChI is InChI=1S/C20H18NOSi.C16H18N.Ir/c1-23(2,3)14-12-16-15-8-4-5-10-19(15)22-20(16)17(13-14)18-9-6-7-11-21-18;1-12-5-10-15(17-11-12)13-6-8-14(9-7-13)16(2,3)4;/h4-12H,1-3H3;5-6,8-11H,1-4H3;/q2*-1;. The van der Waals surface area contributed by atoms with Gasteiger partial charge in [-0.3, -0.25) is 0 Å². The first-order valence-corrected chi connectivity index (χ1v) is 17.3.